The van der Waals surface area contributed by atoms with E-state index in [9.17, 15) is 30.6 Å². The Morgan fingerprint density at radius 1 is 0.775 bits per heavy atom. The summed E-state index contributed by atoms with van der Waals surface area (Å²) in [5, 5.41) is 63.5. The van der Waals surface area contributed by atoms with Gasteiger partial charge in [0.1, 0.15) is 18.3 Å². The van der Waals surface area contributed by atoms with Crippen LogP contribution in [-0.4, -0.2) is 86.3 Å². The first-order valence-electron chi connectivity index (χ1n) is 16.1. The van der Waals surface area contributed by atoms with Gasteiger partial charge >= 0.3 is 0 Å². The summed E-state index contributed by atoms with van der Waals surface area (Å²) in [6, 6.07) is 0. The molecule has 4 saturated carbocycles. The van der Waals surface area contributed by atoms with Crippen LogP contribution in [0, 0.1) is 52.3 Å². The Morgan fingerprint density at radius 3 is 2.17 bits per heavy atom. The molecule has 5 aliphatic rings. The van der Waals surface area contributed by atoms with Crippen LogP contribution in [0.1, 0.15) is 92.4 Å². The zero-order valence-electron chi connectivity index (χ0n) is 25.2. The van der Waals surface area contributed by atoms with Crippen molar-refractivity contribution in [1.29, 1.82) is 0 Å². The van der Waals surface area contributed by atoms with Crippen molar-refractivity contribution in [3.8, 4) is 0 Å². The van der Waals surface area contributed by atoms with Crippen molar-refractivity contribution in [1.82, 2.24) is 0 Å². The summed E-state index contributed by atoms with van der Waals surface area (Å²) in [7, 11) is 0. The van der Waals surface area contributed by atoms with Crippen molar-refractivity contribution in [3.05, 3.63) is 0 Å². The molecule has 0 aromatic heterocycles. The second-order valence-corrected chi connectivity index (χ2v) is 15.3. The summed E-state index contributed by atoms with van der Waals surface area (Å²) >= 11 is 0. The van der Waals surface area contributed by atoms with Crippen LogP contribution in [0.4, 0.5) is 0 Å². The molecule has 0 aromatic carbocycles. The fourth-order valence-electron chi connectivity index (χ4n) is 10.5. The van der Waals surface area contributed by atoms with Gasteiger partial charge in [0.05, 0.1) is 31.0 Å². The largest absolute Gasteiger partial charge is 0.393 e. The Balaban J connectivity index is 1.26. The molecule has 1 heterocycles. The zero-order valence-corrected chi connectivity index (χ0v) is 25.2. The number of fused-ring (bicyclic) bond motifs is 5. The lowest BCUT2D eigenvalue weighted by molar-refractivity contribution is -0.286. The summed E-state index contributed by atoms with van der Waals surface area (Å²) in [5.74, 6) is 2.09. The number of aliphatic hydroxyl groups is 6. The van der Waals surface area contributed by atoms with E-state index in [1.807, 2.05) is 0 Å². The van der Waals surface area contributed by atoms with Crippen molar-refractivity contribution in [2.24, 2.45) is 52.3 Å². The normalized spacial score (nSPS) is 52.5. The molecule has 0 aromatic rings. The van der Waals surface area contributed by atoms with Gasteiger partial charge in [-0.3, -0.25) is 0 Å². The minimum Gasteiger partial charge on any atom is -0.393 e. The van der Waals surface area contributed by atoms with Gasteiger partial charge in [0.25, 0.3) is 0 Å². The predicted molar refractivity (Wildman–Crippen MR) is 150 cm³/mol. The molecule has 1 aliphatic heterocycles. The Kier molecular flexibility index (Phi) is 9.06. The minimum atomic E-state index is -1.29. The molecule has 16 atom stereocenters. The highest BCUT2D eigenvalue weighted by atomic mass is 16.7. The molecular weight excluding hydrogens is 512 g/mol. The summed E-state index contributed by atoms with van der Waals surface area (Å²) in [6.45, 7) is 11.1. The molecule has 8 nitrogen and oxygen atoms in total. The number of hydrogen-bond donors (Lipinski definition) is 6. The molecule has 8 heteroatoms. The molecule has 0 radical (unpaired) electrons. The van der Waals surface area contributed by atoms with Crippen LogP contribution in [0.25, 0.3) is 0 Å². The molecule has 40 heavy (non-hydrogen) atoms. The third-order valence-corrected chi connectivity index (χ3v) is 12.8. The van der Waals surface area contributed by atoms with Crippen LogP contribution in [0.2, 0.25) is 0 Å². The molecular formula is C32H56O8. The van der Waals surface area contributed by atoms with E-state index in [0.717, 1.165) is 51.4 Å². The van der Waals surface area contributed by atoms with Crippen LogP contribution in [0.15, 0.2) is 0 Å². The van der Waals surface area contributed by atoms with Gasteiger partial charge in [-0.15, -0.1) is 0 Å². The van der Waals surface area contributed by atoms with Crippen LogP contribution < -0.4 is 0 Å². The van der Waals surface area contributed by atoms with Gasteiger partial charge in [-0.25, -0.2) is 0 Å². The van der Waals surface area contributed by atoms with Gasteiger partial charge in [-0.2, -0.15) is 0 Å². The number of rotatable bonds is 7. The maximum absolute atomic E-state index is 11.6. The summed E-state index contributed by atoms with van der Waals surface area (Å²) in [6.07, 6.45) is 2.05. The molecule has 5 fully saturated rings. The fraction of sp³-hybridized carbons (Fsp3) is 1.00. The van der Waals surface area contributed by atoms with Gasteiger partial charge in [-0.1, -0.05) is 34.6 Å². The lowest BCUT2D eigenvalue weighted by Gasteiger charge is -2.62. The third-order valence-electron chi connectivity index (χ3n) is 12.8. The van der Waals surface area contributed by atoms with Crippen molar-refractivity contribution in [2.45, 2.75) is 141 Å². The molecule has 4 aliphatic carbocycles. The fourth-order valence-corrected chi connectivity index (χ4v) is 10.5. The first kappa shape index (κ1) is 31.1. The molecule has 5 rings (SSSR count). The summed E-state index contributed by atoms with van der Waals surface area (Å²) in [4.78, 5) is 0. The number of ether oxygens (including phenoxy) is 2. The average molecular weight is 569 g/mol. The monoisotopic (exact) mass is 568 g/mol. The van der Waals surface area contributed by atoms with Crippen LogP contribution in [-0.2, 0) is 9.47 Å². The smallest absolute Gasteiger partial charge is 0.186 e. The highest BCUT2D eigenvalue weighted by Crippen LogP contribution is 2.68. The van der Waals surface area contributed by atoms with Gasteiger partial charge in [0, 0.05) is 0 Å². The van der Waals surface area contributed by atoms with Gasteiger partial charge in [-0.05, 0) is 110 Å². The first-order valence-corrected chi connectivity index (χ1v) is 16.1. The zero-order chi connectivity index (χ0) is 29.1. The number of aliphatic hydroxyl groups excluding tert-OH is 6. The van der Waals surface area contributed by atoms with Gasteiger partial charge < -0.3 is 40.1 Å². The van der Waals surface area contributed by atoms with E-state index < -0.39 is 30.7 Å². The van der Waals surface area contributed by atoms with Crippen LogP contribution in [0.3, 0.4) is 0 Å². The first-order chi connectivity index (χ1) is 18.8. The second-order valence-electron chi connectivity index (χ2n) is 15.3. The van der Waals surface area contributed by atoms with E-state index in [-0.39, 0.29) is 53.5 Å². The maximum atomic E-state index is 11.6. The molecule has 6 N–H and O–H groups in total. The quantitative estimate of drug-likeness (QED) is 0.276. The van der Waals surface area contributed by atoms with E-state index in [2.05, 4.69) is 34.6 Å². The lowest BCUT2D eigenvalue weighted by atomic mass is 9.43. The van der Waals surface area contributed by atoms with Crippen molar-refractivity contribution in [2.75, 3.05) is 6.61 Å². The predicted octanol–water partition coefficient (Wildman–Crippen LogP) is 2.84. The Morgan fingerprint density at radius 2 is 1.48 bits per heavy atom. The minimum absolute atomic E-state index is 0.0220. The van der Waals surface area contributed by atoms with E-state index in [1.54, 1.807) is 0 Å². The molecule has 0 bridgehead atoms. The Hall–Kier alpha value is -0.320. The summed E-state index contributed by atoms with van der Waals surface area (Å²) < 4.78 is 11.7. The second kappa shape index (κ2) is 11.6. The van der Waals surface area contributed by atoms with E-state index >= 15 is 0 Å². The van der Waals surface area contributed by atoms with Crippen molar-refractivity contribution >= 4 is 0 Å². The van der Waals surface area contributed by atoms with Crippen molar-refractivity contribution < 1.29 is 40.1 Å². The highest BCUT2D eigenvalue weighted by molar-refractivity contribution is 5.13. The summed E-state index contributed by atoms with van der Waals surface area (Å²) in [5.41, 5.74) is 0.0533. The Bertz CT molecular complexity index is 870. The molecule has 1 saturated heterocycles. The van der Waals surface area contributed by atoms with Crippen LogP contribution >= 0.6 is 0 Å². The molecule has 8 unspecified atom stereocenters. The van der Waals surface area contributed by atoms with Crippen molar-refractivity contribution in [3.63, 3.8) is 0 Å². The van der Waals surface area contributed by atoms with E-state index in [0.29, 0.717) is 30.1 Å². The Labute approximate surface area is 240 Å². The SMILES string of the molecule is CC(C)[C@H](CC[C@@H](C)[C@H]1C[C@@H](O)C2C3C[C@H](O)C4C[C@@H](O)CC[C@]4(C)C3CC[C@@]21C)OC1OCC(O)C(O)C1O. The third kappa shape index (κ3) is 5.31. The van der Waals surface area contributed by atoms with Crippen LogP contribution in [0.5, 0.6) is 0 Å². The number of hydrogen-bond acceptors (Lipinski definition) is 8. The maximum Gasteiger partial charge on any atom is 0.186 e. The lowest BCUT2D eigenvalue weighted by Crippen LogP contribution is -2.59. The molecule has 232 valence electrons. The topological polar surface area (TPSA) is 140 Å². The average Bonchev–Trinajstić information content (AvgIpc) is 3.17. The van der Waals surface area contributed by atoms with E-state index in [4.69, 9.17) is 9.47 Å². The molecule has 0 amide bonds. The molecule has 0 spiro atoms. The van der Waals surface area contributed by atoms with Gasteiger partial charge in [0.15, 0.2) is 6.29 Å². The van der Waals surface area contributed by atoms with E-state index in [1.165, 1.54) is 0 Å². The standard InChI is InChI=1S/C32H56O8/c1-16(2)26(40-30-29(38)28(37)25(36)15-39-30)7-6-17(3)21-14-24(35)27-19-13-23(34)22-12-18(33)8-10-31(22,4)20(19)9-11-32(21,27)5/h16-30,33-38H,6-15H2,1-5H3/t17-,18+,19?,20?,21-,22?,23+,24-,25?,26+,27?,28?,29?,30?,31-,32-/m1/s1. The highest BCUT2D eigenvalue weighted by Gasteiger charge is 2.64. The van der Waals surface area contributed by atoms with Gasteiger partial charge in [0.2, 0.25) is 0 Å².